The highest BCUT2D eigenvalue weighted by Gasteiger charge is 2.38. The van der Waals surface area contributed by atoms with Crippen LogP contribution in [0, 0.1) is 17.5 Å². The first-order valence-corrected chi connectivity index (χ1v) is 16.5. The second-order valence-corrected chi connectivity index (χ2v) is 15.3. The number of hydrogen-bond acceptors (Lipinski definition) is 8. The van der Waals surface area contributed by atoms with Crippen LogP contribution in [-0.2, 0) is 10.0 Å². The van der Waals surface area contributed by atoms with Crippen LogP contribution in [0.3, 0.4) is 0 Å². The van der Waals surface area contributed by atoms with Gasteiger partial charge in [0.2, 0.25) is 5.95 Å². The molecule has 2 aromatic heterocycles. The molecule has 3 N–H and O–H groups in total. The minimum Gasteiger partial charge on any atom is -0.351 e. The Bertz CT molecular complexity index is 1790. The Morgan fingerprint density at radius 1 is 0.955 bits per heavy atom. The third kappa shape index (κ3) is 7.05. The predicted molar refractivity (Wildman–Crippen MR) is 168 cm³/mol. The molecule has 4 aromatic rings. The lowest BCUT2D eigenvalue weighted by Gasteiger charge is -2.46. The molecule has 0 spiro atoms. The number of anilines is 2. The third-order valence-electron chi connectivity index (χ3n) is 7.22. The Morgan fingerprint density at radius 2 is 1.64 bits per heavy atom. The maximum Gasteiger partial charge on any atom is 0.265 e. The van der Waals surface area contributed by atoms with Crippen LogP contribution in [0.25, 0.3) is 21.8 Å². The van der Waals surface area contributed by atoms with E-state index < -0.39 is 38.1 Å². The number of halogens is 3. The molecular formula is C31H35F3N6O2S2. The van der Waals surface area contributed by atoms with Gasteiger partial charge in [0.25, 0.3) is 10.0 Å². The molecule has 0 atom stereocenters. The Morgan fingerprint density at radius 3 is 2.32 bits per heavy atom. The number of sulfonamides is 1. The second kappa shape index (κ2) is 11.8. The highest BCUT2D eigenvalue weighted by Crippen LogP contribution is 2.40. The van der Waals surface area contributed by atoms with E-state index in [4.69, 9.17) is 9.97 Å². The van der Waals surface area contributed by atoms with E-state index in [1.54, 1.807) is 12.3 Å². The molecule has 1 fully saturated rings. The molecule has 0 amide bonds. The van der Waals surface area contributed by atoms with Crippen LogP contribution in [0.15, 0.2) is 53.6 Å². The number of benzene rings is 2. The smallest absolute Gasteiger partial charge is 0.265 e. The average molecular weight is 645 g/mol. The van der Waals surface area contributed by atoms with E-state index in [-0.39, 0.29) is 23.0 Å². The van der Waals surface area contributed by atoms with E-state index in [9.17, 15) is 21.6 Å². The molecule has 0 radical (unpaired) electrons. The highest BCUT2D eigenvalue weighted by atomic mass is 32.2. The van der Waals surface area contributed by atoms with Gasteiger partial charge < -0.3 is 10.6 Å². The van der Waals surface area contributed by atoms with Crippen LogP contribution in [0.5, 0.6) is 0 Å². The number of aromatic nitrogens is 3. The van der Waals surface area contributed by atoms with Crippen molar-refractivity contribution in [1.82, 2.24) is 20.3 Å². The average Bonchev–Trinajstić information content (AvgIpc) is 3.36. The number of rotatable bonds is 8. The zero-order chi connectivity index (χ0) is 32.0. The molecule has 1 saturated heterocycles. The van der Waals surface area contributed by atoms with Gasteiger partial charge in [-0.3, -0.25) is 4.72 Å². The Balaban J connectivity index is 1.50. The van der Waals surface area contributed by atoms with E-state index in [2.05, 4.69) is 48.0 Å². The number of nitrogens with zero attached hydrogens (tertiary/aromatic N) is 3. The number of thiazole rings is 1. The molecular weight excluding hydrogens is 610 g/mol. The molecule has 8 nitrogen and oxygen atoms in total. The van der Waals surface area contributed by atoms with Crippen molar-refractivity contribution in [2.24, 2.45) is 0 Å². The topological polar surface area (TPSA) is 109 Å². The number of piperidine rings is 1. The summed E-state index contributed by atoms with van der Waals surface area (Å²) in [4.78, 5) is 13.9. The SMILES string of the molecule is CC(C)c1nc(-c2ccc(F)c(NS(=O)(=O)c3cc(F)ccc3F)c2)c(-c2ccnc(NC3CC(C)(C)NC(C)(C)C3)n2)s1. The zero-order valence-electron chi connectivity index (χ0n) is 25.3. The first-order valence-electron chi connectivity index (χ1n) is 14.2. The summed E-state index contributed by atoms with van der Waals surface area (Å²) in [7, 11) is -4.65. The highest BCUT2D eigenvalue weighted by molar-refractivity contribution is 7.92. The first-order chi connectivity index (χ1) is 20.5. The van der Waals surface area contributed by atoms with Gasteiger partial charge in [0.05, 0.1) is 27.0 Å². The quantitative estimate of drug-likeness (QED) is 0.184. The molecule has 5 rings (SSSR count). The summed E-state index contributed by atoms with van der Waals surface area (Å²) < 4.78 is 70.8. The molecule has 234 valence electrons. The lowest BCUT2D eigenvalue weighted by molar-refractivity contribution is 0.170. The minimum absolute atomic E-state index is 0.0699. The second-order valence-electron chi connectivity index (χ2n) is 12.7. The fourth-order valence-electron chi connectivity index (χ4n) is 5.75. The van der Waals surface area contributed by atoms with E-state index in [0.717, 1.165) is 30.0 Å². The van der Waals surface area contributed by atoms with E-state index in [1.165, 1.54) is 23.5 Å². The fourth-order valence-corrected chi connectivity index (χ4v) is 7.96. The van der Waals surface area contributed by atoms with Crippen LogP contribution in [-0.4, -0.2) is 40.5 Å². The lowest BCUT2D eigenvalue weighted by atomic mass is 9.80. The molecule has 3 heterocycles. The summed E-state index contributed by atoms with van der Waals surface area (Å²) in [5, 5.41) is 7.97. The van der Waals surface area contributed by atoms with Crippen molar-refractivity contribution < 1.29 is 21.6 Å². The van der Waals surface area contributed by atoms with E-state index in [1.807, 2.05) is 13.8 Å². The molecule has 1 aliphatic heterocycles. The summed E-state index contributed by atoms with van der Waals surface area (Å²) in [5.41, 5.74) is 0.911. The molecule has 13 heteroatoms. The van der Waals surface area contributed by atoms with Gasteiger partial charge in [-0.25, -0.2) is 36.5 Å². The molecule has 0 bridgehead atoms. The van der Waals surface area contributed by atoms with Crippen molar-refractivity contribution in [3.8, 4) is 21.8 Å². The van der Waals surface area contributed by atoms with Gasteiger partial charge in [-0.05, 0) is 83.0 Å². The Hall–Kier alpha value is -3.55. The molecule has 44 heavy (non-hydrogen) atoms. The van der Waals surface area contributed by atoms with Crippen molar-refractivity contribution in [3.63, 3.8) is 0 Å². The van der Waals surface area contributed by atoms with Crippen molar-refractivity contribution in [1.29, 1.82) is 0 Å². The van der Waals surface area contributed by atoms with Crippen molar-refractivity contribution in [2.75, 3.05) is 10.0 Å². The van der Waals surface area contributed by atoms with Crippen molar-refractivity contribution >= 4 is 33.0 Å². The first kappa shape index (κ1) is 31.9. The van der Waals surface area contributed by atoms with E-state index in [0.29, 0.717) is 39.9 Å². The van der Waals surface area contributed by atoms with Gasteiger partial charge in [-0.15, -0.1) is 11.3 Å². The van der Waals surface area contributed by atoms with E-state index >= 15 is 0 Å². The van der Waals surface area contributed by atoms with Crippen LogP contribution < -0.4 is 15.4 Å². The standard InChI is InChI=1S/C31H35F3N6O2S2/c1-17(2)28-38-26(18-7-9-21(33)24(13-18)39-44(41,42)25-14-19(32)8-10-22(25)34)27(43-28)23-11-12-35-29(37-23)36-20-15-30(3,4)40-31(5,6)16-20/h7-14,17,20,39-40H,15-16H2,1-6H3,(H,35,36,37). The minimum atomic E-state index is -4.65. The summed E-state index contributed by atoms with van der Waals surface area (Å²) in [6.07, 6.45) is 3.42. The van der Waals surface area contributed by atoms with Gasteiger partial charge in [-0.2, -0.15) is 0 Å². The van der Waals surface area contributed by atoms with Crippen LogP contribution in [0.1, 0.15) is 65.3 Å². The summed E-state index contributed by atoms with van der Waals surface area (Å²) in [5.74, 6) is -2.46. The van der Waals surface area contributed by atoms with Crippen LogP contribution in [0.2, 0.25) is 0 Å². The van der Waals surface area contributed by atoms with Crippen molar-refractivity contribution in [2.45, 2.75) is 82.3 Å². The largest absolute Gasteiger partial charge is 0.351 e. The van der Waals surface area contributed by atoms with Crippen LogP contribution in [0.4, 0.5) is 24.8 Å². The molecule has 2 aromatic carbocycles. The van der Waals surface area contributed by atoms with Gasteiger partial charge in [0, 0.05) is 34.8 Å². The summed E-state index contributed by atoms with van der Waals surface area (Å²) in [6.45, 7) is 12.7. The molecule has 0 unspecified atom stereocenters. The Kier molecular flexibility index (Phi) is 8.51. The molecule has 0 aliphatic carbocycles. The maximum absolute atomic E-state index is 14.9. The van der Waals surface area contributed by atoms with Gasteiger partial charge in [-0.1, -0.05) is 13.8 Å². The number of hydrogen-bond donors (Lipinski definition) is 3. The monoisotopic (exact) mass is 644 g/mol. The summed E-state index contributed by atoms with van der Waals surface area (Å²) in [6, 6.07) is 7.81. The lowest BCUT2D eigenvalue weighted by Crippen LogP contribution is -2.60. The van der Waals surface area contributed by atoms with Crippen molar-refractivity contribution in [3.05, 3.63) is 71.1 Å². The Labute approximate surface area is 259 Å². The maximum atomic E-state index is 14.9. The predicted octanol–water partition coefficient (Wildman–Crippen LogP) is 7.33. The zero-order valence-corrected chi connectivity index (χ0v) is 26.9. The molecule has 0 saturated carbocycles. The van der Waals surface area contributed by atoms with Crippen LogP contribution >= 0.6 is 11.3 Å². The normalized spacial score (nSPS) is 16.7. The molecule has 1 aliphatic rings. The van der Waals surface area contributed by atoms with Gasteiger partial charge >= 0.3 is 0 Å². The summed E-state index contributed by atoms with van der Waals surface area (Å²) >= 11 is 1.43. The van der Waals surface area contributed by atoms with Gasteiger partial charge in [0.1, 0.15) is 22.3 Å². The van der Waals surface area contributed by atoms with Gasteiger partial charge in [0.15, 0.2) is 0 Å². The third-order valence-corrected chi connectivity index (χ3v) is 9.98. The fraction of sp³-hybridized carbons (Fsp3) is 0.387. The number of nitrogens with one attached hydrogen (secondary N) is 3.